The zero-order valence-corrected chi connectivity index (χ0v) is 41.7. The zero-order valence-electron chi connectivity index (χ0n) is 38.6. The van der Waals surface area contributed by atoms with Gasteiger partial charge in [-0.15, -0.1) is 0 Å². The lowest BCUT2D eigenvalue weighted by molar-refractivity contribution is -0.117. The third-order valence-corrected chi connectivity index (χ3v) is 15.2. The molecule has 70 heavy (non-hydrogen) atoms. The van der Waals surface area contributed by atoms with Crippen molar-refractivity contribution in [2.45, 2.75) is 63.2 Å². The molecule has 5 aromatic carbocycles. The van der Waals surface area contributed by atoms with Crippen molar-refractivity contribution in [3.05, 3.63) is 156 Å². The third kappa shape index (κ3) is 11.2. The van der Waals surface area contributed by atoms with Gasteiger partial charge in [0.05, 0.1) is 56.0 Å². The van der Waals surface area contributed by atoms with Crippen LogP contribution in [-0.2, 0) is 39.1 Å². The first kappa shape index (κ1) is 50.5. The summed E-state index contributed by atoms with van der Waals surface area (Å²) in [5.41, 5.74) is 11.8. The van der Waals surface area contributed by atoms with Gasteiger partial charge in [-0.3, -0.25) is 24.3 Å². The molecule has 0 spiro atoms. The number of morpholine rings is 1. The molecule has 3 aliphatic heterocycles. The molecule has 0 bridgehead atoms. The van der Waals surface area contributed by atoms with E-state index >= 15 is 4.79 Å². The standard InChI is InChI=1S/C50H52Cl3N9O7S/c1-3-4-18-55-49(64)47-46(53)32(2)61(30-33-12-17-43(51)44(52)25-33)62(47)37-14-16-40(42(27-37)50(65)60-31-36-9-6-5-8-35(36)26-38(60)29-56-58-54)48(63)57-70(66,67)39-15-13-34-10-7-11-45(41(34)28-39)69-24-21-59-19-22-68-23-20-59/h5-17,25,27-28,32,38H,3-4,18-24,26,29-31H2,1-2H3,(H,55,64)(H,57,63). The highest BCUT2D eigenvalue weighted by Crippen LogP contribution is 2.40. The second kappa shape index (κ2) is 22.5. The SMILES string of the molecule is CCCCNC(=O)C1=C(Cl)C(C)N(Cc2ccc(Cl)c(Cl)c2)N1c1ccc(C(=O)NS(=O)(=O)c2ccc3cccc(OCCN4CCOCC4)c3c2)c(C(=O)N2Cc3ccccc3CC2CN=[N+]=[N-])c1. The highest BCUT2D eigenvalue weighted by molar-refractivity contribution is 7.90. The Morgan fingerprint density at radius 2 is 1.69 bits per heavy atom. The predicted molar refractivity (Wildman–Crippen MR) is 270 cm³/mol. The van der Waals surface area contributed by atoms with Crippen LogP contribution < -0.4 is 19.8 Å². The van der Waals surface area contributed by atoms with Crippen LogP contribution in [0.25, 0.3) is 21.2 Å². The van der Waals surface area contributed by atoms with E-state index in [1.807, 2.05) is 55.3 Å². The summed E-state index contributed by atoms with van der Waals surface area (Å²) in [5, 5.41) is 12.4. The molecule has 0 aromatic heterocycles. The summed E-state index contributed by atoms with van der Waals surface area (Å²) in [5.74, 6) is -1.71. The minimum Gasteiger partial charge on any atom is -0.492 e. The monoisotopic (exact) mass is 1030 g/mol. The lowest BCUT2D eigenvalue weighted by Crippen LogP contribution is -2.47. The van der Waals surface area contributed by atoms with Crippen LogP contribution in [0.3, 0.4) is 0 Å². The van der Waals surface area contributed by atoms with Crippen LogP contribution in [-0.4, -0.2) is 106 Å². The summed E-state index contributed by atoms with van der Waals surface area (Å²) >= 11 is 19.8. The van der Waals surface area contributed by atoms with Crippen molar-refractivity contribution in [1.82, 2.24) is 24.8 Å². The van der Waals surface area contributed by atoms with Crippen molar-refractivity contribution in [2.24, 2.45) is 5.11 Å². The predicted octanol–water partition coefficient (Wildman–Crippen LogP) is 8.85. The molecule has 0 saturated carbocycles. The minimum atomic E-state index is -4.58. The number of nitrogens with zero attached hydrogens (tertiary/aromatic N) is 7. The maximum atomic E-state index is 15.3. The quantitative estimate of drug-likeness (QED) is 0.0394. The molecule has 3 heterocycles. The molecular formula is C50H52Cl3N9O7S. The second-order valence-corrected chi connectivity index (χ2v) is 20.1. The molecule has 3 amide bonds. The van der Waals surface area contributed by atoms with Crippen molar-refractivity contribution in [3.8, 4) is 5.75 Å². The Bertz CT molecular complexity index is 3000. The lowest BCUT2D eigenvalue weighted by Gasteiger charge is -2.37. The average molecular weight is 1030 g/mol. The lowest BCUT2D eigenvalue weighted by atomic mass is 9.92. The summed E-state index contributed by atoms with van der Waals surface area (Å²) in [7, 11) is -4.58. The van der Waals surface area contributed by atoms with Gasteiger partial charge >= 0.3 is 0 Å². The highest BCUT2D eigenvalue weighted by atomic mass is 35.5. The van der Waals surface area contributed by atoms with Crippen molar-refractivity contribution in [3.63, 3.8) is 0 Å². The Hall–Kier alpha value is -5.88. The number of sulfonamides is 1. The maximum Gasteiger partial charge on any atom is 0.270 e. The molecule has 2 atom stereocenters. The fraction of sp³-hybridized carbons (Fsp3) is 0.340. The number of hydrogen-bond acceptors (Lipinski definition) is 11. The van der Waals surface area contributed by atoms with E-state index in [-0.39, 0.29) is 52.1 Å². The van der Waals surface area contributed by atoms with Gasteiger partial charge < -0.3 is 19.7 Å². The van der Waals surface area contributed by atoms with E-state index in [0.29, 0.717) is 66.9 Å². The Morgan fingerprint density at radius 3 is 2.44 bits per heavy atom. The molecule has 16 nitrogen and oxygen atoms in total. The normalized spacial score (nSPS) is 17.6. The fourth-order valence-electron chi connectivity index (χ4n) is 8.88. The number of benzene rings is 5. The number of unbranched alkanes of at least 4 members (excludes halogenated alkanes) is 1. The van der Waals surface area contributed by atoms with Crippen molar-refractivity contribution >= 4 is 79.0 Å². The van der Waals surface area contributed by atoms with Gasteiger partial charge in [0, 0.05) is 62.2 Å². The van der Waals surface area contributed by atoms with Crippen LogP contribution in [0, 0.1) is 0 Å². The van der Waals surface area contributed by atoms with Gasteiger partial charge in [-0.2, -0.15) is 0 Å². The van der Waals surface area contributed by atoms with E-state index in [4.69, 9.17) is 44.3 Å². The van der Waals surface area contributed by atoms with Crippen LogP contribution >= 0.6 is 34.8 Å². The number of amides is 3. The molecule has 1 saturated heterocycles. The number of fused-ring (bicyclic) bond motifs is 2. The molecule has 0 aliphatic carbocycles. The molecule has 2 N–H and O–H groups in total. The number of anilines is 1. The molecule has 3 aliphatic rings. The van der Waals surface area contributed by atoms with Crippen LogP contribution in [0.1, 0.15) is 64.1 Å². The van der Waals surface area contributed by atoms with Crippen molar-refractivity contribution in [1.29, 1.82) is 0 Å². The molecule has 20 heteroatoms. The summed E-state index contributed by atoms with van der Waals surface area (Å²) < 4.78 is 42.4. The largest absolute Gasteiger partial charge is 0.492 e. The van der Waals surface area contributed by atoms with Gasteiger partial charge in [-0.25, -0.2) is 18.1 Å². The van der Waals surface area contributed by atoms with Gasteiger partial charge in [0.15, 0.2) is 0 Å². The van der Waals surface area contributed by atoms with Crippen LogP contribution in [0.5, 0.6) is 5.75 Å². The van der Waals surface area contributed by atoms with Crippen LogP contribution in [0.4, 0.5) is 5.69 Å². The number of ether oxygens (including phenoxy) is 2. The van der Waals surface area contributed by atoms with Crippen LogP contribution in [0.2, 0.25) is 10.0 Å². The molecule has 1 fully saturated rings. The zero-order chi connectivity index (χ0) is 49.5. The van der Waals surface area contributed by atoms with E-state index in [0.717, 1.165) is 41.6 Å². The first-order valence-electron chi connectivity index (χ1n) is 23.0. The number of carbonyl (C=O) groups excluding carboxylic acids is 3. The number of halogens is 3. The fourth-order valence-corrected chi connectivity index (χ4v) is 10.5. The van der Waals surface area contributed by atoms with Gasteiger partial charge in [-0.05, 0) is 95.9 Å². The molecular weight excluding hydrogens is 977 g/mol. The number of azide groups is 1. The molecule has 5 aromatic rings. The average Bonchev–Trinajstić information content (AvgIpc) is 3.61. The Morgan fingerprint density at radius 1 is 0.900 bits per heavy atom. The van der Waals surface area contributed by atoms with E-state index in [1.54, 1.807) is 35.3 Å². The number of carbonyl (C=O) groups is 3. The highest BCUT2D eigenvalue weighted by Gasteiger charge is 2.41. The molecule has 366 valence electrons. The number of rotatable bonds is 17. The van der Waals surface area contributed by atoms with E-state index in [9.17, 15) is 23.5 Å². The maximum absolute atomic E-state index is 15.3. The van der Waals surface area contributed by atoms with Crippen LogP contribution in [0.15, 0.2) is 118 Å². The topological polar surface area (TPSA) is 190 Å². The van der Waals surface area contributed by atoms with Gasteiger partial charge in [-0.1, -0.05) is 102 Å². The number of hydrazine groups is 1. The minimum absolute atomic E-state index is 0.0749. The first-order chi connectivity index (χ1) is 33.8. The third-order valence-electron chi connectivity index (χ3n) is 12.7. The molecule has 8 rings (SSSR count). The number of nitrogens with one attached hydrogen (secondary N) is 2. The summed E-state index contributed by atoms with van der Waals surface area (Å²) in [6.07, 6.45) is 1.89. The van der Waals surface area contributed by atoms with E-state index < -0.39 is 39.8 Å². The Kier molecular flexibility index (Phi) is 16.2. The van der Waals surface area contributed by atoms with Gasteiger partial charge in [0.1, 0.15) is 18.1 Å². The van der Waals surface area contributed by atoms with E-state index in [1.165, 1.54) is 35.2 Å². The Balaban J connectivity index is 1.19. The van der Waals surface area contributed by atoms with Crippen molar-refractivity contribution in [2.75, 3.05) is 57.6 Å². The summed E-state index contributed by atoms with van der Waals surface area (Å²) in [6.45, 7) is 8.30. The van der Waals surface area contributed by atoms with Gasteiger partial charge in [0.25, 0.3) is 27.7 Å². The summed E-state index contributed by atoms with van der Waals surface area (Å²) in [6, 6.07) is 25.8. The number of hydrogen-bond donors (Lipinski definition) is 2. The molecule has 2 unspecified atom stereocenters. The second-order valence-electron chi connectivity index (χ2n) is 17.2. The van der Waals surface area contributed by atoms with E-state index in [2.05, 4.69) is 25.0 Å². The Labute approximate surface area is 421 Å². The summed E-state index contributed by atoms with van der Waals surface area (Å²) in [4.78, 5) is 50.6. The smallest absolute Gasteiger partial charge is 0.270 e. The molecule has 0 radical (unpaired) electrons. The van der Waals surface area contributed by atoms with Crippen molar-refractivity contribution < 1.29 is 32.3 Å². The first-order valence-corrected chi connectivity index (χ1v) is 25.6. The van der Waals surface area contributed by atoms with Gasteiger partial charge in [0.2, 0.25) is 0 Å².